The van der Waals surface area contributed by atoms with E-state index in [1.807, 2.05) is 30.3 Å². The van der Waals surface area contributed by atoms with Gasteiger partial charge < -0.3 is 10.6 Å². The summed E-state index contributed by atoms with van der Waals surface area (Å²) < 4.78 is 0.879. The van der Waals surface area contributed by atoms with Gasteiger partial charge in [0.2, 0.25) is 0 Å². The van der Waals surface area contributed by atoms with Gasteiger partial charge in [0.25, 0.3) is 0 Å². The fourth-order valence-electron chi connectivity index (χ4n) is 2.78. The molecule has 21 heavy (non-hydrogen) atoms. The third-order valence-electron chi connectivity index (χ3n) is 3.80. The summed E-state index contributed by atoms with van der Waals surface area (Å²) in [6, 6.07) is 15.9. The van der Waals surface area contributed by atoms with Crippen molar-refractivity contribution in [1.29, 1.82) is 0 Å². The summed E-state index contributed by atoms with van der Waals surface area (Å²) in [5, 5.41) is 5.97. The molecule has 0 unspecified atom stereocenters. The van der Waals surface area contributed by atoms with Crippen LogP contribution >= 0.6 is 15.9 Å². The highest BCUT2D eigenvalue weighted by Crippen LogP contribution is 2.29. The summed E-state index contributed by atoms with van der Waals surface area (Å²) in [5.41, 5.74) is 3.36. The van der Waals surface area contributed by atoms with Crippen LogP contribution in [-0.2, 0) is 6.42 Å². The van der Waals surface area contributed by atoms with Gasteiger partial charge in [-0.2, -0.15) is 0 Å². The van der Waals surface area contributed by atoms with Gasteiger partial charge in [0.05, 0.1) is 11.7 Å². The maximum atomic E-state index is 12.2. The molecular weight excluding hydrogens is 328 g/mol. The lowest BCUT2D eigenvalue weighted by molar-refractivity contribution is 0.247. The molecule has 0 aliphatic heterocycles. The number of aryl methyl sites for hydroxylation is 1. The third kappa shape index (κ3) is 3.27. The van der Waals surface area contributed by atoms with Gasteiger partial charge in [-0.1, -0.05) is 36.4 Å². The highest BCUT2D eigenvalue weighted by atomic mass is 79.9. The molecule has 4 heteroatoms. The minimum atomic E-state index is -0.163. The average molecular weight is 345 g/mol. The summed E-state index contributed by atoms with van der Waals surface area (Å²) >= 11 is 3.43. The number of carbonyl (C=O) groups is 1. The molecule has 0 spiro atoms. The fraction of sp³-hybridized carbons (Fsp3) is 0.235. The molecule has 2 amide bonds. The van der Waals surface area contributed by atoms with E-state index in [1.54, 1.807) is 0 Å². The van der Waals surface area contributed by atoms with Gasteiger partial charge in [0, 0.05) is 4.47 Å². The van der Waals surface area contributed by atoms with Gasteiger partial charge in [-0.25, -0.2) is 4.79 Å². The Morgan fingerprint density at radius 1 is 1.10 bits per heavy atom. The van der Waals surface area contributed by atoms with Crippen LogP contribution in [0.3, 0.4) is 0 Å². The zero-order chi connectivity index (χ0) is 14.7. The Hall–Kier alpha value is -1.81. The van der Waals surface area contributed by atoms with Crippen molar-refractivity contribution < 1.29 is 4.79 Å². The maximum Gasteiger partial charge on any atom is 0.319 e. The highest BCUT2D eigenvalue weighted by Gasteiger charge is 2.21. The largest absolute Gasteiger partial charge is 0.331 e. The van der Waals surface area contributed by atoms with E-state index < -0.39 is 0 Å². The molecule has 1 aliphatic rings. The van der Waals surface area contributed by atoms with Crippen LogP contribution in [0.4, 0.5) is 10.5 Å². The standard InChI is InChI=1S/C17H17BrN2O/c18-14-9-3-4-10-16(14)20-17(21)19-15-11-5-7-12-6-1-2-8-13(12)15/h1-4,6,8-10,15H,5,7,11H2,(H2,19,20,21)/t15-/m1/s1. The Kier molecular flexibility index (Phi) is 4.25. The minimum absolute atomic E-state index is 0.0948. The molecule has 108 valence electrons. The van der Waals surface area contributed by atoms with Gasteiger partial charge >= 0.3 is 6.03 Å². The van der Waals surface area contributed by atoms with E-state index in [2.05, 4.69) is 44.8 Å². The predicted octanol–water partition coefficient (Wildman–Crippen LogP) is 4.65. The molecule has 3 rings (SSSR count). The van der Waals surface area contributed by atoms with E-state index in [-0.39, 0.29) is 12.1 Å². The Bertz CT molecular complexity index is 657. The van der Waals surface area contributed by atoms with Crippen molar-refractivity contribution in [2.75, 3.05) is 5.32 Å². The number of halogens is 1. The van der Waals surface area contributed by atoms with E-state index in [0.717, 1.165) is 29.4 Å². The first kappa shape index (κ1) is 14.1. The molecule has 2 aromatic carbocycles. The number of carbonyl (C=O) groups excluding carboxylic acids is 1. The van der Waals surface area contributed by atoms with Crippen LogP contribution < -0.4 is 10.6 Å². The number of urea groups is 1. The van der Waals surface area contributed by atoms with Crippen LogP contribution in [0.1, 0.15) is 30.0 Å². The van der Waals surface area contributed by atoms with Crippen LogP contribution in [0.25, 0.3) is 0 Å². The first-order valence-electron chi connectivity index (χ1n) is 7.14. The SMILES string of the molecule is O=C(Nc1ccccc1Br)N[C@@H]1CCCc2ccccc21. The number of hydrogen-bond donors (Lipinski definition) is 2. The van der Waals surface area contributed by atoms with Crippen LogP contribution in [0.15, 0.2) is 53.0 Å². The number of nitrogens with one attached hydrogen (secondary N) is 2. The van der Waals surface area contributed by atoms with Crippen molar-refractivity contribution >= 4 is 27.6 Å². The topological polar surface area (TPSA) is 41.1 Å². The molecular formula is C17H17BrN2O. The molecule has 2 aromatic rings. The van der Waals surface area contributed by atoms with Gasteiger partial charge in [0.15, 0.2) is 0 Å². The first-order valence-corrected chi connectivity index (χ1v) is 7.93. The third-order valence-corrected chi connectivity index (χ3v) is 4.49. The van der Waals surface area contributed by atoms with Crippen molar-refractivity contribution in [3.05, 3.63) is 64.1 Å². The Morgan fingerprint density at radius 2 is 1.86 bits per heavy atom. The van der Waals surface area contributed by atoms with Gasteiger partial charge in [-0.3, -0.25) is 0 Å². The van der Waals surface area contributed by atoms with Crippen molar-refractivity contribution in [3.8, 4) is 0 Å². The summed E-state index contributed by atoms with van der Waals surface area (Å²) in [6.45, 7) is 0. The molecule has 0 bridgehead atoms. The summed E-state index contributed by atoms with van der Waals surface area (Å²) in [6.07, 6.45) is 3.19. The molecule has 0 aromatic heterocycles. The molecule has 1 atom stereocenters. The number of amides is 2. The van der Waals surface area contributed by atoms with Crippen molar-refractivity contribution in [2.24, 2.45) is 0 Å². The highest BCUT2D eigenvalue weighted by molar-refractivity contribution is 9.10. The van der Waals surface area contributed by atoms with E-state index in [1.165, 1.54) is 11.1 Å². The molecule has 3 nitrogen and oxygen atoms in total. The molecule has 0 saturated heterocycles. The van der Waals surface area contributed by atoms with E-state index >= 15 is 0 Å². The van der Waals surface area contributed by atoms with E-state index in [4.69, 9.17) is 0 Å². The normalized spacial score (nSPS) is 16.9. The number of anilines is 1. The minimum Gasteiger partial charge on any atom is -0.331 e. The molecule has 0 heterocycles. The van der Waals surface area contributed by atoms with Crippen molar-refractivity contribution in [1.82, 2.24) is 5.32 Å². The van der Waals surface area contributed by atoms with Crippen LogP contribution in [-0.4, -0.2) is 6.03 Å². The second-order valence-corrected chi connectivity index (χ2v) is 6.08. The Balaban J connectivity index is 1.70. The number of fused-ring (bicyclic) bond motifs is 1. The molecule has 2 N–H and O–H groups in total. The lowest BCUT2D eigenvalue weighted by Gasteiger charge is -2.26. The van der Waals surface area contributed by atoms with Gasteiger partial charge in [-0.15, -0.1) is 0 Å². The second kappa shape index (κ2) is 6.31. The number of rotatable bonds is 2. The van der Waals surface area contributed by atoms with Crippen LogP contribution in [0.2, 0.25) is 0 Å². The smallest absolute Gasteiger partial charge is 0.319 e. The molecule has 0 radical (unpaired) electrons. The van der Waals surface area contributed by atoms with Gasteiger partial charge in [-0.05, 0) is 58.5 Å². The summed E-state index contributed by atoms with van der Waals surface area (Å²) in [5.74, 6) is 0. The molecule has 1 aliphatic carbocycles. The monoisotopic (exact) mass is 344 g/mol. The second-order valence-electron chi connectivity index (χ2n) is 5.22. The first-order chi connectivity index (χ1) is 10.2. The van der Waals surface area contributed by atoms with E-state index in [9.17, 15) is 4.79 Å². The number of hydrogen-bond acceptors (Lipinski definition) is 1. The summed E-state index contributed by atoms with van der Waals surface area (Å²) in [7, 11) is 0. The van der Waals surface area contributed by atoms with E-state index in [0.29, 0.717) is 0 Å². The lowest BCUT2D eigenvalue weighted by Crippen LogP contribution is -2.34. The fourth-order valence-corrected chi connectivity index (χ4v) is 3.17. The molecule has 0 fully saturated rings. The number of benzene rings is 2. The summed E-state index contributed by atoms with van der Waals surface area (Å²) in [4.78, 5) is 12.2. The quantitative estimate of drug-likeness (QED) is 0.817. The van der Waals surface area contributed by atoms with Gasteiger partial charge in [0.1, 0.15) is 0 Å². The maximum absolute atomic E-state index is 12.2. The lowest BCUT2D eigenvalue weighted by atomic mass is 9.88. The Labute approximate surface area is 132 Å². The predicted molar refractivity (Wildman–Crippen MR) is 88.4 cm³/mol. The Morgan fingerprint density at radius 3 is 2.71 bits per heavy atom. The molecule has 0 saturated carbocycles. The van der Waals surface area contributed by atoms with Crippen LogP contribution in [0.5, 0.6) is 0 Å². The zero-order valence-corrected chi connectivity index (χ0v) is 13.2. The van der Waals surface area contributed by atoms with Crippen molar-refractivity contribution in [2.45, 2.75) is 25.3 Å². The van der Waals surface area contributed by atoms with Crippen LogP contribution in [0, 0.1) is 0 Å². The number of para-hydroxylation sites is 1. The average Bonchev–Trinajstić information content (AvgIpc) is 2.50. The van der Waals surface area contributed by atoms with Crippen molar-refractivity contribution in [3.63, 3.8) is 0 Å². The zero-order valence-electron chi connectivity index (χ0n) is 11.6.